The quantitative estimate of drug-likeness (QED) is 0.846. The lowest BCUT2D eigenvalue weighted by molar-refractivity contribution is 0.191. The molecule has 0 bridgehead atoms. The van der Waals surface area contributed by atoms with E-state index in [0.29, 0.717) is 0 Å². The van der Waals surface area contributed by atoms with Crippen LogP contribution in [-0.4, -0.2) is 18.1 Å². The van der Waals surface area contributed by atoms with Gasteiger partial charge in [-0.25, -0.2) is 9.40 Å². The minimum Gasteiger partial charge on any atom is -0.251 e. The van der Waals surface area contributed by atoms with E-state index in [1.807, 2.05) is 6.07 Å². The minimum atomic E-state index is -0.157. The first-order valence-electron chi connectivity index (χ1n) is 6.07. The van der Waals surface area contributed by atoms with Gasteiger partial charge in [-0.15, -0.1) is 0 Å². The third kappa shape index (κ3) is 3.58. The Bertz CT molecular complexity index is 319. The fraction of sp³-hybridized carbons (Fsp3) is 0.538. The molecule has 0 aliphatic carbocycles. The number of nitrogens with one attached hydrogen (secondary N) is 1. The Morgan fingerprint density at radius 1 is 1.12 bits per heavy atom. The number of benzene rings is 1. The normalized spacial score (nSPS) is 18.3. The summed E-state index contributed by atoms with van der Waals surface area (Å²) in [6.07, 6.45) is 5.18. The third-order valence-electron chi connectivity index (χ3n) is 3.00. The first-order chi connectivity index (χ1) is 7.84. The minimum absolute atomic E-state index is 0.157. The van der Waals surface area contributed by atoms with E-state index in [4.69, 9.17) is 0 Å². The molecule has 0 spiro atoms. The Labute approximate surface area is 96.4 Å². The third-order valence-corrected chi connectivity index (χ3v) is 3.00. The van der Waals surface area contributed by atoms with Gasteiger partial charge >= 0.3 is 0 Å². The van der Waals surface area contributed by atoms with Crippen LogP contribution in [0.25, 0.3) is 0 Å². The molecule has 2 nitrogen and oxygen atoms in total. The van der Waals surface area contributed by atoms with Gasteiger partial charge in [0.15, 0.2) is 0 Å². The predicted molar refractivity (Wildman–Crippen MR) is 63.3 cm³/mol. The molecule has 0 amide bonds. The van der Waals surface area contributed by atoms with Crippen molar-refractivity contribution in [2.24, 2.45) is 0 Å². The van der Waals surface area contributed by atoms with Crippen LogP contribution in [0, 0.1) is 5.82 Å². The Morgan fingerprint density at radius 2 is 1.88 bits per heavy atom. The summed E-state index contributed by atoms with van der Waals surface area (Å²) >= 11 is 0. The zero-order valence-electron chi connectivity index (χ0n) is 9.58. The number of nitrogens with zero attached hydrogens (tertiary/aromatic N) is 1. The highest BCUT2D eigenvalue weighted by Gasteiger charge is 2.07. The van der Waals surface area contributed by atoms with E-state index < -0.39 is 0 Å². The van der Waals surface area contributed by atoms with Crippen molar-refractivity contribution in [3.63, 3.8) is 0 Å². The lowest BCUT2D eigenvalue weighted by Crippen LogP contribution is -2.38. The summed E-state index contributed by atoms with van der Waals surface area (Å²) in [4.78, 5) is 0. The van der Waals surface area contributed by atoms with Gasteiger partial charge in [-0.3, -0.25) is 5.43 Å². The smallest absolute Gasteiger partial charge is 0.123 e. The Balaban J connectivity index is 1.81. The average molecular weight is 222 g/mol. The van der Waals surface area contributed by atoms with Gasteiger partial charge in [0.2, 0.25) is 0 Å². The van der Waals surface area contributed by atoms with Gasteiger partial charge in [0.25, 0.3) is 0 Å². The van der Waals surface area contributed by atoms with E-state index in [0.717, 1.165) is 25.2 Å². The second-order valence-corrected chi connectivity index (χ2v) is 4.37. The molecule has 1 aromatic carbocycles. The molecule has 1 aliphatic heterocycles. The summed E-state index contributed by atoms with van der Waals surface area (Å²) in [6, 6.07) is 6.78. The monoisotopic (exact) mass is 222 g/mol. The number of hydrazine groups is 1. The summed E-state index contributed by atoms with van der Waals surface area (Å²) in [7, 11) is 0. The van der Waals surface area contributed by atoms with Crippen molar-refractivity contribution in [1.29, 1.82) is 0 Å². The van der Waals surface area contributed by atoms with E-state index in [-0.39, 0.29) is 5.82 Å². The first-order valence-corrected chi connectivity index (χ1v) is 6.07. The highest BCUT2D eigenvalue weighted by Crippen LogP contribution is 2.08. The van der Waals surface area contributed by atoms with Crippen LogP contribution in [0.4, 0.5) is 4.39 Å². The molecule has 0 radical (unpaired) electrons. The van der Waals surface area contributed by atoms with Crippen LogP contribution in [0.5, 0.6) is 0 Å². The van der Waals surface area contributed by atoms with Crippen LogP contribution >= 0.6 is 0 Å². The SMILES string of the molecule is Fc1cccc(CNN2CCCCCC2)c1. The lowest BCUT2D eigenvalue weighted by Gasteiger charge is -2.21. The average Bonchev–Trinajstić information content (AvgIpc) is 2.55. The molecule has 0 saturated carbocycles. The molecule has 0 atom stereocenters. The maximum atomic E-state index is 13.0. The zero-order valence-corrected chi connectivity index (χ0v) is 9.58. The molecule has 1 aromatic rings. The van der Waals surface area contributed by atoms with Crippen molar-refractivity contribution < 1.29 is 4.39 Å². The van der Waals surface area contributed by atoms with Crippen LogP contribution in [0.15, 0.2) is 24.3 Å². The van der Waals surface area contributed by atoms with Gasteiger partial charge in [-0.1, -0.05) is 25.0 Å². The summed E-state index contributed by atoms with van der Waals surface area (Å²) in [5.74, 6) is -0.157. The Morgan fingerprint density at radius 3 is 2.56 bits per heavy atom. The van der Waals surface area contributed by atoms with Crippen LogP contribution in [0.2, 0.25) is 0 Å². The first kappa shape index (κ1) is 11.6. The number of hydrogen-bond donors (Lipinski definition) is 1. The predicted octanol–water partition coefficient (Wildman–Crippen LogP) is 2.71. The van der Waals surface area contributed by atoms with Gasteiger partial charge in [0, 0.05) is 19.6 Å². The van der Waals surface area contributed by atoms with E-state index >= 15 is 0 Å². The Kier molecular flexibility index (Phi) is 4.31. The standard InChI is InChI=1S/C13H19FN2/c14-13-7-5-6-12(10-13)11-15-16-8-3-1-2-4-9-16/h5-7,10,15H,1-4,8-9,11H2. The van der Waals surface area contributed by atoms with Crippen molar-refractivity contribution in [2.75, 3.05) is 13.1 Å². The van der Waals surface area contributed by atoms with Gasteiger partial charge < -0.3 is 0 Å². The molecular weight excluding hydrogens is 203 g/mol. The summed E-state index contributed by atoms with van der Waals surface area (Å²) in [5, 5.41) is 2.26. The molecule has 1 saturated heterocycles. The molecule has 0 aromatic heterocycles. The number of halogens is 1. The molecule has 1 N–H and O–H groups in total. The van der Waals surface area contributed by atoms with Crippen molar-refractivity contribution >= 4 is 0 Å². The molecule has 88 valence electrons. The fourth-order valence-electron chi connectivity index (χ4n) is 2.08. The number of rotatable bonds is 3. The molecular formula is C13H19FN2. The highest BCUT2D eigenvalue weighted by atomic mass is 19.1. The van der Waals surface area contributed by atoms with Gasteiger partial charge in [0.1, 0.15) is 5.82 Å². The van der Waals surface area contributed by atoms with Crippen LogP contribution in [0.1, 0.15) is 31.2 Å². The maximum absolute atomic E-state index is 13.0. The summed E-state index contributed by atoms with van der Waals surface area (Å²) < 4.78 is 13.0. The van der Waals surface area contributed by atoms with E-state index in [1.165, 1.54) is 31.7 Å². The zero-order chi connectivity index (χ0) is 11.2. The summed E-state index contributed by atoms with van der Waals surface area (Å²) in [5.41, 5.74) is 4.38. The molecule has 1 aliphatic rings. The lowest BCUT2D eigenvalue weighted by atomic mass is 10.2. The molecule has 16 heavy (non-hydrogen) atoms. The largest absolute Gasteiger partial charge is 0.251 e. The van der Waals surface area contributed by atoms with Crippen LogP contribution < -0.4 is 5.43 Å². The summed E-state index contributed by atoms with van der Waals surface area (Å²) in [6.45, 7) is 2.93. The van der Waals surface area contributed by atoms with Crippen LogP contribution in [-0.2, 0) is 6.54 Å². The molecule has 2 rings (SSSR count). The molecule has 1 fully saturated rings. The number of hydrogen-bond acceptors (Lipinski definition) is 2. The fourth-order valence-corrected chi connectivity index (χ4v) is 2.08. The highest BCUT2D eigenvalue weighted by molar-refractivity contribution is 5.15. The van der Waals surface area contributed by atoms with E-state index in [2.05, 4.69) is 10.4 Å². The van der Waals surface area contributed by atoms with Crippen molar-refractivity contribution in [1.82, 2.24) is 10.4 Å². The van der Waals surface area contributed by atoms with Crippen LogP contribution in [0.3, 0.4) is 0 Å². The van der Waals surface area contributed by atoms with Crippen molar-refractivity contribution in [3.8, 4) is 0 Å². The molecule has 0 unspecified atom stereocenters. The van der Waals surface area contributed by atoms with E-state index in [9.17, 15) is 4.39 Å². The van der Waals surface area contributed by atoms with Gasteiger partial charge in [0.05, 0.1) is 0 Å². The second kappa shape index (κ2) is 5.97. The second-order valence-electron chi connectivity index (χ2n) is 4.37. The van der Waals surface area contributed by atoms with Gasteiger partial charge in [-0.05, 0) is 30.5 Å². The van der Waals surface area contributed by atoms with E-state index in [1.54, 1.807) is 12.1 Å². The van der Waals surface area contributed by atoms with Gasteiger partial charge in [-0.2, -0.15) is 0 Å². The molecule has 3 heteroatoms. The van der Waals surface area contributed by atoms with Crippen molar-refractivity contribution in [2.45, 2.75) is 32.2 Å². The van der Waals surface area contributed by atoms with Crippen molar-refractivity contribution in [3.05, 3.63) is 35.6 Å². The Hall–Kier alpha value is -0.930. The maximum Gasteiger partial charge on any atom is 0.123 e. The molecule has 1 heterocycles. The topological polar surface area (TPSA) is 15.3 Å².